The molecule has 2 aliphatic heterocycles. The Morgan fingerprint density at radius 3 is 2.86 bits per heavy atom. The molecule has 0 spiro atoms. The topological polar surface area (TPSA) is 87.2 Å². The van der Waals surface area contributed by atoms with Crippen LogP contribution in [0, 0.1) is 5.92 Å². The molecular weight excluding hydrogens is 394 g/mol. The zero-order chi connectivity index (χ0) is 19.3. The van der Waals surface area contributed by atoms with Crippen molar-refractivity contribution in [3.05, 3.63) is 45.3 Å². The molecule has 2 aliphatic rings. The van der Waals surface area contributed by atoms with Gasteiger partial charge in [0.25, 0.3) is 11.1 Å². The summed E-state index contributed by atoms with van der Waals surface area (Å²) < 4.78 is 0. The van der Waals surface area contributed by atoms with E-state index in [0.717, 1.165) is 50.8 Å². The third-order valence-corrected chi connectivity index (χ3v) is 6.37. The maximum atomic E-state index is 11.7. The van der Waals surface area contributed by atoms with Gasteiger partial charge in [0.05, 0.1) is 10.6 Å². The number of piperidine rings is 1. The van der Waals surface area contributed by atoms with Crippen molar-refractivity contribution < 1.29 is 9.59 Å². The number of nitrogens with one attached hydrogen (secondary N) is 2. The summed E-state index contributed by atoms with van der Waals surface area (Å²) in [6, 6.07) is 3.90. The van der Waals surface area contributed by atoms with Crippen molar-refractivity contribution in [3.63, 3.8) is 0 Å². The van der Waals surface area contributed by atoms with Crippen LogP contribution < -0.4 is 15.5 Å². The van der Waals surface area contributed by atoms with Crippen LogP contribution in [0.1, 0.15) is 24.1 Å². The molecule has 0 bridgehead atoms. The van der Waals surface area contributed by atoms with E-state index >= 15 is 0 Å². The number of amides is 2. The second-order valence-corrected chi connectivity index (χ2v) is 8.62. The van der Waals surface area contributed by atoms with Gasteiger partial charge in [0.1, 0.15) is 0 Å². The Bertz CT molecular complexity index is 876. The molecule has 0 unspecified atom stereocenters. The minimum absolute atomic E-state index is 0.347. The first-order valence-corrected chi connectivity index (χ1v) is 11.0. The zero-order valence-electron chi connectivity index (χ0n) is 15.3. The van der Waals surface area contributed by atoms with Gasteiger partial charge >= 0.3 is 0 Å². The van der Waals surface area contributed by atoms with E-state index < -0.39 is 0 Å². The van der Waals surface area contributed by atoms with Crippen molar-refractivity contribution >= 4 is 46.3 Å². The molecule has 2 N–H and O–H groups in total. The van der Waals surface area contributed by atoms with Crippen molar-refractivity contribution in [2.24, 2.45) is 5.92 Å². The number of carbonyl (C=O) groups is 2. The lowest BCUT2D eigenvalue weighted by atomic mass is 9.97. The Hall–Kier alpha value is -2.23. The highest BCUT2D eigenvalue weighted by Crippen LogP contribution is 2.26. The van der Waals surface area contributed by atoms with Crippen LogP contribution >= 0.6 is 23.1 Å². The van der Waals surface area contributed by atoms with Gasteiger partial charge in [-0.15, -0.1) is 0 Å². The van der Waals surface area contributed by atoms with Gasteiger partial charge in [-0.25, -0.2) is 9.97 Å². The molecule has 2 amide bonds. The zero-order valence-corrected chi connectivity index (χ0v) is 16.9. The molecule has 0 saturated carbocycles. The van der Waals surface area contributed by atoms with E-state index in [4.69, 9.17) is 0 Å². The van der Waals surface area contributed by atoms with Crippen LogP contribution in [-0.2, 0) is 11.3 Å². The summed E-state index contributed by atoms with van der Waals surface area (Å²) in [6.07, 6.45) is 5.52. The van der Waals surface area contributed by atoms with Gasteiger partial charge in [0, 0.05) is 25.8 Å². The summed E-state index contributed by atoms with van der Waals surface area (Å²) >= 11 is 2.63. The van der Waals surface area contributed by atoms with E-state index in [1.807, 2.05) is 0 Å². The summed E-state index contributed by atoms with van der Waals surface area (Å²) in [5, 5.41) is 9.74. The van der Waals surface area contributed by atoms with Crippen molar-refractivity contribution in [2.45, 2.75) is 19.4 Å². The van der Waals surface area contributed by atoms with Gasteiger partial charge in [-0.2, -0.15) is 11.3 Å². The molecule has 4 heterocycles. The van der Waals surface area contributed by atoms with Crippen LogP contribution in [0.5, 0.6) is 0 Å². The highest BCUT2D eigenvalue weighted by molar-refractivity contribution is 8.18. The number of nitrogens with zero attached hydrogens (tertiary/aromatic N) is 3. The molecule has 4 rings (SSSR count). The van der Waals surface area contributed by atoms with E-state index in [9.17, 15) is 9.59 Å². The second-order valence-electron chi connectivity index (χ2n) is 6.83. The maximum absolute atomic E-state index is 11.7. The van der Waals surface area contributed by atoms with Crippen molar-refractivity contribution in [1.82, 2.24) is 20.6 Å². The lowest BCUT2D eigenvalue weighted by Crippen LogP contribution is -2.38. The third-order valence-electron chi connectivity index (χ3n) is 4.83. The number of rotatable bonds is 6. The molecule has 2 saturated heterocycles. The summed E-state index contributed by atoms with van der Waals surface area (Å²) in [5.41, 5.74) is 1.98. The molecule has 7 nitrogen and oxygen atoms in total. The van der Waals surface area contributed by atoms with Crippen LogP contribution in [0.3, 0.4) is 0 Å². The Labute approximate surface area is 171 Å². The smallest absolute Gasteiger partial charge is 0.290 e. The van der Waals surface area contributed by atoms with E-state index in [1.54, 1.807) is 29.7 Å². The van der Waals surface area contributed by atoms with Gasteiger partial charge in [0.15, 0.2) is 0 Å². The van der Waals surface area contributed by atoms with Crippen molar-refractivity contribution in [3.8, 4) is 0 Å². The molecule has 2 fully saturated rings. The molecule has 0 atom stereocenters. The maximum Gasteiger partial charge on any atom is 0.290 e. The van der Waals surface area contributed by atoms with E-state index in [0.29, 0.717) is 22.5 Å². The van der Waals surface area contributed by atoms with Crippen LogP contribution in [0.2, 0.25) is 0 Å². The number of anilines is 1. The number of carbonyl (C=O) groups excluding carboxylic acids is 2. The molecular formula is C19H21N5O2S2. The average molecular weight is 416 g/mol. The van der Waals surface area contributed by atoms with Crippen molar-refractivity contribution in [1.29, 1.82) is 0 Å². The van der Waals surface area contributed by atoms with Crippen LogP contribution in [0.15, 0.2) is 34.0 Å². The molecule has 28 heavy (non-hydrogen) atoms. The SMILES string of the molecule is O=C1NC(=O)/C(=C\c2ccnc(N3CCC(CNCc4ccsc4)CC3)n2)S1. The number of aromatic nitrogens is 2. The molecule has 0 radical (unpaired) electrons. The largest absolute Gasteiger partial charge is 0.341 e. The monoisotopic (exact) mass is 415 g/mol. The predicted molar refractivity (Wildman–Crippen MR) is 112 cm³/mol. The highest BCUT2D eigenvalue weighted by atomic mass is 32.2. The van der Waals surface area contributed by atoms with Gasteiger partial charge in [-0.05, 0) is 71.6 Å². The molecule has 9 heteroatoms. The predicted octanol–water partition coefficient (Wildman–Crippen LogP) is 2.87. The third kappa shape index (κ3) is 4.78. The van der Waals surface area contributed by atoms with Crippen LogP contribution in [-0.4, -0.2) is 40.7 Å². The summed E-state index contributed by atoms with van der Waals surface area (Å²) in [7, 11) is 0. The minimum atomic E-state index is -0.370. The van der Waals surface area contributed by atoms with Gasteiger partial charge in [0.2, 0.25) is 5.95 Å². The fourth-order valence-electron chi connectivity index (χ4n) is 3.30. The van der Waals surface area contributed by atoms with Crippen LogP contribution in [0.4, 0.5) is 10.7 Å². The summed E-state index contributed by atoms with van der Waals surface area (Å²) in [6.45, 7) is 3.78. The first kappa shape index (κ1) is 19.1. The van der Waals surface area contributed by atoms with Crippen LogP contribution in [0.25, 0.3) is 6.08 Å². The summed E-state index contributed by atoms with van der Waals surface area (Å²) in [4.78, 5) is 34.5. The molecule has 0 aromatic carbocycles. The number of thiophene rings is 1. The average Bonchev–Trinajstić information content (AvgIpc) is 3.32. The molecule has 2 aromatic heterocycles. The Morgan fingerprint density at radius 1 is 1.29 bits per heavy atom. The van der Waals surface area contributed by atoms with E-state index in [2.05, 4.69) is 42.3 Å². The number of hydrogen-bond acceptors (Lipinski definition) is 8. The minimum Gasteiger partial charge on any atom is -0.341 e. The molecule has 2 aromatic rings. The highest BCUT2D eigenvalue weighted by Gasteiger charge is 2.25. The Kier molecular flexibility index (Phi) is 6.04. The standard InChI is InChI=1S/C19H21N5O2S2/c25-17-16(28-19(26)23-17)9-15-1-5-21-18(22-15)24-6-2-13(3-7-24)10-20-11-14-4-8-27-12-14/h1,4-5,8-9,12-13,20H,2-3,6-7,10-11H2,(H,23,25,26)/b16-9+. The van der Waals surface area contributed by atoms with Gasteiger partial charge in [-0.1, -0.05) is 0 Å². The molecule has 0 aliphatic carbocycles. The summed E-state index contributed by atoms with van der Waals surface area (Å²) in [5.74, 6) is 0.962. The number of hydrogen-bond donors (Lipinski definition) is 2. The Morgan fingerprint density at radius 2 is 2.14 bits per heavy atom. The van der Waals surface area contributed by atoms with Gasteiger partial charge in [-0.3, -0.25) is 14.9 Å². The fraction of sp³-hybridized carbons (Fsp3) is 0.368. The van der Waals surface area contributed by atoms with Crippen molar-refractivity contribution in [2.75, 3.05) is 24.5 Å². The second kappa shape index (κ2) is 8.85. The van der Waals surface area contributed by atoms with Gasteiger partial charge < -0.3 is 10.2 Å². The normalized spacial score (nSPS) is 19.4. The molecule has 146 valence electrons. The first-order chi connectivity index (χ1) is 13.7. The number of imide groups is 1. The van der Waals surface area contributed by atoms with E-state index in [1.165, 1.54) is 5.56 Å². The van der Waals surface area contributed by atoms with E-state index in [-0.39, 0.29) is 11.1 Å². The quantitative estimate of drug-likeness (QED) is 0.702. The lowest BCUT2D eigenvalue weighted by Gasteiger charge is -2.32. The fourth-order valence-corrected chi connectivity index (χ4v) is 4.64. The number of thioether (sulfide) groups is 1. The Balaban J connectivity index is 1.30. The lowest BCUT2D eigenvalue weighted by molar-refractivity contribution is -0.115. The first-order valence-electron chi connectivity index (χ1n) is 9.22.